The Morgan fingerprint density at radius 3 is 2.32 bits per heavy atom. The van der Waals surface area contributed by atoms with Crippen LogP contribution in [0.4, 0.5) is 8.78 Å². The van der Waals surface area contributed by atoms with Gasteiger partial charge in [0.25, 0.3) is 0 Å². The fourth-order valence-corrected chi connectivity index (χ4v) is 6.21. The number of rotatable bonds is 5. The van der Waals surface area contributed by atoms with Crippen LogP contribution in [0.25, 0.3) is 0 Å². The van der Waals surface area contributed by atoms with Crippen molar-refractivity contribution in [1.82, 2.24) is 9.80 Å². The molecule has 0 aromatic heterocycles. The molecule has 2 aliphatic heterocycles. The molecule has 2 nitrogen and oxygen atoms in total. The molecule has 1 saturated heterocycles. The van der Waals surface area contributed by atoms with Gasteiger partial charge in [0.05, 0.1) is 0 Å². The highest BCUT2D eigenvalue weighted by Crippen LogP contribution is 2.44. The van der Waals surface area contributed by atoms with E-state index in [-0.39, 0.29) is 11.6 Å². The summed E-state index contributed by atoms with van der Waals surface area (Å²) in [7, 11) is 0. The number of hydrogen-bond acceptors (Lipinski definition) is 3. The Kier molecular flexibility index (Phi) is 7.05. The quantitative estimate of drug-likeness (QED) is 0.403. The molecule has 3 aromatic carbocycles. The van der Waals surface area contributed by atoms with Gasteiger partial charge < -0.3 is 4.90 Å². The number of hydrogen-bond donors (Lipinski definition) is 0. The number of halogens is 2. The number of piperazine rings is 1. The minimum Gasteiger partial charge on any atom is -0.300 e. The molecule has 0 radical (unpaired) electrons. The highest BCUT2D eigenvalue weighted by molar-refractivity contribution is 7.99. The largest absolute Gasteiger partial charge is 0.300 e. The molecular weight excluding hydrogens is 446 g/mol. The molecule has 3 aromatic rings. The van der Waals surface area contributed by atoms with Crippen LogP contribution < -0.4 is 0 Å². The number of fused-ring (bicyclic) bond motifs is 2. The average molecular weight is 479 g/mol. The predicted molar refractivity (Wildman–Crippen MR) is 136 cm³/mol. The fourth-order valence-electron chi connectivity index (χ4n) is 5.07. The first-order chi connectivity index (χ1) is 16.5. The molecule has 0 unspecified atom stereocenters. The van der Waals surface area contributed by atoms with E-state index >= 15 is 0 Å². The number of nitrogens with zero attached hydrogens (tertiary/aromatic N) is 2. The molecule has 0 aliphatic carbocycles. The van der Waals surface area contributed by atoms with Gasteiger partial charge in [-0.15, -0.1) is 0 Å². The Labute approximate surface area is 206 Å². The maximum Gasteiger partial charge on any atom is 0.124 e. The van der Waals surface area contributed by atoms with Gasteiger partial charge in [-0.05, 0) is 71.3 Å². The van der Waals surface area contributed by atoms with Gasteiger partial charge in [0, 0.05) is 48.6 Å². The SMILES string of the molecule is CC(C)c1ccc2c(c1)[C@@H](N1CCN(CCc3ccc(F)cc3)CC1)Cc1ccc(F)cc1S2. The average Bonchev–Trinajstić information content (AvgIpc) is 3.00. The van der Waals surface area contributed by atoms with Crippen LogP contribution in [0.1, 0.15) is 48.1 Å². The lowest BCUT2D eigenvalue weighted by Crippen LogP contribution is -2.48. The predicted octanol–water partition coefficient (Wildman–Crippen LogP) is 6.70. The van der Waals surface area contributed by atoms with Gasteiger partial charge >= 0.3 is 0 Å². The van der Waals surface area contributed by atoms with Crippen molar-refractivity contribution in [2.45, 2.75) is 48.4 Å². The van der Waals surface area contributed by atoms with E-state index in [9.17, 15) is 8.78 Å². The molecule has 1 fully saturated rings. The van der Waals surface area contributed by atoms with Crippen LogP contribution >= 0.6 is 11.8 Å². The van der Waals surface area contributed by atoms with Crippen LogP contribution in [-0.4, -0.2) is 42.5 Å². The van der Waals surface area contributed by atoms with E-state index in [0.717, 1.165) is 50.5 Å². The minimum atomic E-state index is -0.177. The first kappa shape index (κ1) is 23.5. The Balaban J connectivity index is 1.33. The normalized spacial score (nSPS) is 19.0. The second-order valence-electron chi connectivity index (χ2n) is 9.78. The zero-order valence-electron chi connectivity index (χ0n) is 19.9. The van der Waals surface area contributed by atoms with Crippen LogP contribution in [-0.2, 0) is 12.8 Å². The maximum absolute atomic E-state index is 14.0. The van der Waals surface area contributed by atoms with Crippen LogP contribution in [0.15, 0.2) is 70.5 Å². The van der Waals surface area contributed by atoms with Crippen molar-refractivity contribution in [3.63, 3.8) is 0 Å². The molecule has 2 heterocycles. The van der Waals surface area contributed by atoms with Crippen LogP contribution in [0, 0.1) is 11.6 Å². The smallest absolute Gasteiger partial charge is 0.124 e. The maximum atomic E-state index is 14.0. The summed E-state index contributed by atoms with van der Waals surface area (Å²) in [6, 6.07) is 19.3. The second kappa shape index (κ2) is 10.2. The fraction of sp³-hybridized carbons (Fsp3) is 0.379. The van der Waals surface area contributed by atoms with Crippen molar-refractivity contribution in [3.05, 3.63) is 94.6 Å². The van der Waals surface area contributed by atoms with Crippen LogP contribution in [0.2, 0.25) is 0 Å². The second-order valence-corrected chi connectivity index (χ2v) is 10.9. The lowest BCUT2D eigenvalue weighted by atomic mass is 9.93. The van der Waals surface area contributed by atoms with Gasteiger partial charge in [0.15, 0.2) is 0 Å². The summed E-state index contributed by atoms with van der Waals surface area (Å²) in [6.07, 6.45) is 1.85. The van der Waals surface area contributed by atoms with Crippen molar-refractivity contribution < 1.29 is 8.78 Å². The highest BCUT2D eigenvalue weighted by Gasteiger charge is 2.30. The lowest BCUT2D eigenvalue weighted by molar-refractivity contribution is 0.0950. The van der Waals surface area contributed by atoms with Crippen molar-refractivity contribution in [2.75, 3.05) is 32.7 Å². The molecule has 178 valence electrons. The Morgan fingerprint density at radius 1 is 0.853 bits per heavy atom. The molecule has 0 spiro atoms. The third-order valence-corrected chi connectivity index (χ3v) is 8.39. The minimum absolute atomic E-state index is 0.167. The van der Waals surface area contributed by atoms with Gasteiger partial charge in [0.2, 0.25) is 0 Å². The molecular formula is C29H32F2N2S. The van der Waals surface area contributed by atoms with Gasteiger partial charge in [0.1, 0.15) is 11.6 Å². The zero-order valence-corrected chi connectivity index (χ0v) is 20.8. The molecule has 0 amide bonds. The lowest BCUT2D eigenvalue weighted by Gasteiger charge is -2.40. The van der Waals surface area contributed by atoms with Gasteiger partial charge in [-0.25, -0.2) is 8.78 Å². The van der Waals surface area contributed by atoms with E-state index in [4.69, 9.17) is 0 Å². The third kappa shape index (κ3) is 5.22. The van der Waals surface area contributed by atoms with E-state index < -0.39 is 0 Å². The van der Waals surface area contributed by atoms with E-state index in [2.05, 4.69) is 41.8 Å². The van der Waals surface area contributed by atoms with Crippen LogP contribution in [0.3, 0.4) is 0 Å². The molecule has 0 N–H and O–H groups in total. The molecule has 34 heavy (non-hydrogen) atoms. The molecule has 5 heteroatoms. The van der Waals surface area contributed by atoms with Gasteiger partial charge in [-0.3, -0.25) is 4.90 Å². The molecule has 0 bridgehead atoms. The van der Waals surface area contributed by atoms with E-state index in [1.165, 1.54) is 27.1 Å². The highest BCUT2D eigenvalue weighted by atomic mass is 32.2. The summed E-state index contributed by atoms with van der Waals surface area (Å²) >= 11 is 1.71. The van der Waals surface area contributed by atoms with Crippen molar-refractivity contribution in [2.24, 2.45) is 0 Å². The molecule has 5 rings (SSSR count). The van der Waals surface area contributed by atoms with Gasteiger partial charge in [-0.2, -0.15) is 0 Å². The van der Waals surface area contributed by atoms with Crippen LogP contribution in [0.5, 0.6) is 0 Å². The van der Waals surface area contributed by atoms with Crippen molar-refractivity contribution >= 4 is 11.8 Å². The zero-order chi connectivity index (χ0) is 23.7. The summed E-state index contributed by atoms with van der Waals surface area (Å²) in [5.74, 6) is 0.131. The van der Waals surface area contributed by atoms with Crippen molar-refractivity contribution in [3.8, 4) is 0 Å². The van der Waals surface area contributed by atoms with E-state index in [1.54, 1.807) is 36.0 Å². The first-order valence-corrected chi connectivity index (χ1v) is 13.1. The Hall–Kier alpha value is -2.21. The topological polar surface area (TPSA) is 6.48 Å². The van der Waals surface area contributed by atoms with Crippen molar-refractivity contribution in [1.29, 1.82) is 0 Å². The molecule has 2 aliphatic rings. The summed E-state index contributed by atoms with van der Waals surface area (Å²) in [6.45, 7) is 9.56. The first-order valence-electron chi connectivity index (χ1n) is 12.3. The standard InChI is InChI=1S/C29H32F2N2S/c1-20(2)22-6-10-28-26(17-22)27(18-23-5-9-25(31)19-29(23)34-28)33-15-13-32(14-16-33)12-11-21-3-7-24(30)8-4-21/h3-10,17,19-20,27H,11-16,18H2,1-2H3/t27-/m0/s1. The summed E-state index contributed by atoms with van der Waals surface area (Å²) < 4.78 is 27.2. The van der Waals surface area contributed by atoms with Gasteiger partial charge in [-0.1, -0.05) is 55.9 Å². The Morgan fingerprint density at radius 2 is 1.59 bits per heavy atom. The summed E-state index contributed by atoms with van der Waals surface area (Å²) in [5, 5.41) is 0. The summed E-state index contributed by atoms with van der Waals surface area (Å²) in [5.41, 5.74) is 5.16. The van der Waals surface area contributed by atoms with E-state index in [0.29, 0.717) is 12.0 Å². The molecule has 1 atom stereocenters. The number of benzene rings is 3. The Bertz CT molecular complexity index is 1140. The third-order valence-electron chi connectivity index (χ3n) is 7.20. The molecule has 0 saturated carbocycles. The monoisotopic (exact) mass is 478 g/mol. The summed E-state index contributed by atoms with van der Waals surface area (Å²) in [4.78, 5) is 7.42. The van der Waals surface area contributed by atoms with E-state index in [1.807, 2.05) is 18.2 Å².